The second kappa shape index (κ2) is 12.6. The fourth-order valence-corrected chi connectivity index (χ4v) is 8.02. The van der Waals surface area contributed by atoms with Gasteiger partial charge < -0.3 is 9.32 Å². The van der Waals surface area contributed by atoms with Gasteiger partial charge in [-0.2, -0.15) is 0 Å². The summed E-state index contributed by atoms with van der Waals surface area (Å²) in [5.41, 5.74) is 12.7. The number of nitrogens with zero attached hydrogens (tertiary/aromatic N) is 1. The molecule has 1 heterocycles. The lowest BCUT2D eigenvalue weighted by atomic mass is 9.91. The summed E-state index contributed by atoms with van der Waals surface area (Å²) in [5, 5.41) is 7.27. The van der Waals surface area contributed by atoms with Crippen LogP contribution in [-0.2, 0) is 0 Å². The van der Waals surface area contributed by atoms with Crippen molar-refractivity contribution >= 4 is 54.9 Å². The van der Waals surface area contributed by atoms with E-state index in [0.717, 1.165) is 40.8 Å². The molecule has 8 aromatic carbocycles. The van der Waals surface area contributed by atoms with Gasteiger partial charge in [0.25, 0.3) is 0 Å². The lowest BCUT2D eigenvalue weighted by molar-refractivity contribution is 0.669. The van der Waals surface area contributed by atoms with Crippen LogP contribution >= 0.6 is 0 Å². The summed E-state index contributed by atoms with van der Waals surface area (Å²) in [6, 6.07) is 61.5. The van der Waals surface area contributed by atoms with Gasteiger partial charge in [-0.15, -0.1) is 0 Å². The van der Waals surface area contributed by atoms with Crippen molar-refractivity contribution in [2.75, 3.05) is 4.90 Å². The van der Waals surface area contributed by atoms with Crippen molar-refractivity contribution in [2.24, 2.45) is 0 Å². The highest BCUT2D eigenvalue weighted by Crippen LogP contribution is 2.42. The normalized spacial score (nSPS) is 12.9. The average Bonchev–Trinajstić information content (AvgIpc) is 3.61. The van der Waals surface area contributed by atoms with Gasteiger partial charge in [0, 0.05) is 27.8 Å². The molecule has 2 nitrogen and oxygen atoms in total. The van der Waals surface area contributed by atoms with Gasteiger partial charge in [0.05, 0.1) is 0 Å². The van der Waals surface area contributed by atoms with Crippen LogP contribution in [0.2, 0.25) is 0 Å². The predicted octanol–water partition coefficient (Wildman–Crippen LogP) is 14.3. The number of para-hydroxylation sites is 1. The highest BCUT2D eigenvalue weighted by Gasteiger charge is 2.19. The second-order valence-corrected chi connectivity index (χ2v) is 13.6. The SMILES string of the molecule is C1=CCCC(N(c2ccc(-c3cccc4ccccc34)cc2)c2ccc(-c3ccc4c(ccc5oc6ccccc6c54)c3)c(-c3ccccc3)c2)=C1. The molecule has 0 amide bonds. The smallest absolute Gasteiger partial charge is 0.136 e. The molecule has 0 radical (unpaired) electrons. The minimum absolute atomic E-state index is 0.923. The van der Waals surface area contributed by atoms with Crippen LogP contribution in [-0.4, -0.2) is 0 Å². The lowest BCUT2D eigenvalue weighted by Gasteiger charge is -2.30. The number of hydrogen-bond acceptors (Lipinski definition) is 2. The first-order chi connectivity index (χ1) is 25.8. The van der Waals surface area contributed by atoms with E-state index in [1.807, 2.05) is 12.1 Å². The minimum Gasteiger partial charge on any atom is -0.456 e. The summed E-state index contributed by atoms with van der Waals surface area (Å²) in [7, 11) is 0. The van der Waals surface area contributed by atoms with E-state index in [0.29, 0.717) is 0 Å². The van der Waals surface area contributed by atoms with Gasteiger partial charge in [-0.3, -0.25) is 0 Å². The van der Waals surface area contributed by atoms with Gasteiger partial charge in [0.2, 0.25) is 0 Å². The highest BCUT2D eigenvalue weighted by atomic mass is 16.3. The van der Waals surface area contributed by atoms with E-state index >= 15 is 0 Å². The third kappa shape index (κ3) is 5.20. The van der Waals surface area contributed by atoms with Gasteiger partial charge >= 0.3 is 0 Å². The molecule has 52 heavy (non-hydrogen) atoms. The molecular weight excluding hydrogens is 631 g/mol. The van der Waals surface area contributed by atoms with Gasteiger partial charge in [0.15, 0.2) is 0 Å². The zero-order valence-electron chi connectivity index (χ0n) is 28.7. The van der Waals surface area contributed by atoms with Crippen molar-refractivity contribution in [3.8, 4) is 33.4 Å². The molecule has 0 unspecified atom stereocenters. The Kier molecular flexibility index (Phi) is 7.32. The Hall–Kier alpha value is -6.64. The number of anilines is 2. The van der Waals surface area contributed by atoms with Crippen molar-refractivity contribution in [1.82, 2.24) is 0 Å². The fraction of sp³-hybridized carbons (Fsp3) is 0.0400. The summed E-state index contributed by atoms with van der Waals surface area (Å²) in [6.45, 7) is 0. The fourth-order valence-electron chi connectivity index (χ4n) is 8.02. The Bertz CT molecular complexity index is 2830. The quantitative estimate of drug-likeness (QED) is 0.176. The molecular formula is C50H35NO. The van der Waals surface area contributed by atoms with E-state index in [9.17, 15) is 0 Å². The van der Waals surface area contributed by atoms with Gasteiger partial charge in [0.1, 0.15) is 11.2 Å². The summed E-state index contributed by atoms with van der Waals surface area (Å²) in [4.78, 5) is 2.44. The zero-order chi connectivity index (χ0) is 34.4. The van der Waals surface area contributed by atoms with Crippen molar-refractivity contribution in [2.45, 2.75) is 12.8 Å². The van der Waals surface area contributed by atoms with E-state index in [1.165, 1.54) is 66.0 Å². The Morgan fingerprint density at radius 2 is 1.19 bits per heavy atom. The second-order valence-electron chi connectivity index (χ2n) is 13.6. The molecule has 0 atom stereocenters. The number of furan rings is 1. The molecule has 0 saturated heterocycles. The molecule has 0 fully saturated rings. The minimum atomic E-state index is 0.923. The first-order valence-electron chi connectivity index (χ1n) is 18.1. The van der Waals surface area contributed by atoms with Crippen LogP contribution in [0.1, 0.15) is 12.8 Å². The van der Waals surface area contributed by atoms with Crippen LogP contribution in [0.15, 0.2) is 198 Å². The van der Waals surface area contributed by atoms with E-state index in [4.69, 9.17) is 4.42 Å². The van der Waals surface area contributed by atoms with Crippen LogP contribution in [0.3, 0.4) is 0 Å². The predicted molar refractivity (Wildman–Crippen MR) is 220 cm³/mol. The number of allylic oxidation sites excluding steroid dienone is 4. The van der Waals surface area contributed by atoms with Gasteiger partial charge in [-0.1, -0.05) is 140 Å². The topological polar surface area (TPSA) is 16.4 Å². The summed E-state index contributed by atoms with van der Waals surface area (Å²) < 4.78 is 6.21. The number of benzene rings is 8. The molecule has 246 valence electrons. The number of fused-ring (bicyclic) bond motifs is 6. The van der Waals surface area contributed by atoms with Crippen LogP contribution in [0, 0.1) is 0 Å². The number of hydrogen-bond donors (Lipinski definition) is 0. The average molecular weight is 666 g/mol. The van der Waals surface area contributed by atoms with Crippen molar-refractivity contribution in [3.63, 3.8) is 0 Å². The first kappa shape index (κ1) is 30.2. The molecule has 10 rings (SSSR count). The zero-order valence-corrected chi connectivity index (χ0v) is 28.7. The third-order valence-corrected chi connectivity index (χ3v) is 10.5. The van der Waals surface area contributed by atoms with Crippen LogP contribution < -0.4 is 4.90 Å². The largest absolute Gasteiger partial charge is 0.456 e. The summed E-state index contributed by atoms with van der Waals surface area (Å²) >= 11 is 0. The summed E-state index contributed by atoms with van der Waals surface area (Å²) in [6.07, 6.45) is 8.71. The molecule has 0 aliphatic heterocycles. The molecule has 0 saturated carbocycles. The van der Waals surface area contributed by atoms with Crippen molar-refractivity contribution in [3.05, 3.63) is 194 Å². The molecule has 1 aliphatic carbocycles. The molecule has 1 aromatic heterocycles. The molecule has 2 heteroatoms. The van der Waals surface area contributed by atoms with E-state index in [2.05, 4.69) is 181 Å². The van der Waals surface area contributed by atoms with E-state index in [1.54, 1.807) is 0 Å². The van der Waals surface area contributed by atoms with Crippen molar-refractivity contribution < 1.29 is 4.42 Å². The Morgan fingerprint density at radius 1 is 0.442 bits per heavy atom. The van der Waals surface area contributed by atoms with Crippen LogP contribution in [0.4, 0.5) is 11.4 Å². The maximum Gasteiger partial charge on any atom is 0.136 e. The molecule has 0 N–H and O–H groups in total. The molecule has 9 aromatic rings. The van der Waals surface area contributed by atoms with E-state index in [-0.39, 0.29) is 0 Å². The first-order valence-corrected chi connectivity index (χ1v) is 18.1. The standard InChI is InChI=1S/C50H35NO/c1-3-12-35(13-4-1)47-33-41(28-30-44(47)37-24-29-45-38(32-37)25-31-49-50(45)46-19-9-10-21-48(46)52-49)51(39-16-5-2-6-17-39)40-26-22-36(23-27-40)43-20-11-15-34-14-7-8-18-42(34)43/h1-5,7-16,18-33H,6,17H2. The molecule has 0 bridgehead atoms. The Labute approximate surface area is 303 Å². The van der Waals surface area contributed by atoms with Crippen LogP contribution in [0.5, 0.6) is 0 Å². The van der Waals surface area contributed by atoms with E-state index < -0.39 is 0 Å². The Balaban J connectivity index is 1.10. The lowest BCUT2D eigenvalue weighted by Crippen LogP contribution is -2.17. The maximum atomic E-state index is 6.21. The van der Waals surface area contributed by atoms with Gasteiger partial charge in [-0.05, 0) is 116 Å². The molecule has 0 spiro atoms. The maximum absolute atomic E-state index is 6.21. The van der Waals surface area contributed by atoms with Crippen molar-refractivity contribution in [1.29, 1.82) is 0 Å². The third-order valence-electron chi connectivity index (χ3n) is 10.5. The Morgan fingerprint density at radius 3 is 2.06 bits per heavy atom. The van der Waals surface area contributed by atoms with Gasteiger partial charge in [-0.25, -0.2) is 0 Å². The highest BCUT2D eigenvalue weighted by molar-refractivity contribution is 6.19. The molecule has 1 aliphatic rings. The number of rotatable bonds is 6. The van der Waals surface area contributed by atoms with Crippen LogP contribution in [0.25, 0.3) is 76.9 Å². The monoisotopic (exact) mass is 665 g/mol. The summed E-state index contributed by atoms with van der Waals surface area (Å²) in [5.74, 6) is 0.